The summed E-state index contributed by atoms with van der Waals surface area (Å²) in [6, 6.07) is 0. The fourth-order valence-corrected chi connectivity index (χ4v) is 1.76. The lowest BCUT2D eigenvalue weighted by atomic mass is 10.3. The third kappa shape index (κ3) is 1.58. The Hall–Kier alpha value is -1.52. The summed E-state index contributed by atoms with van der Waals surface area (Å²) < 4.78 is 14.6. The van der Waals surface area contributed by atoms with Crippen molar-refractivity contribution in [1.29, 1.82) is 0 Å². The van der Waals surface area contributed by atoms with Crippen molar-refractivity contribution in [2.75, 3.05) is 13.7 Å². The van der Waals surface area contributed by atoms with Crippen LogP contribution >= 0.6 is 0 Å². The predicted octanol–water partition coefficient (Wildman–Crippen LogP) is 0.251. The first-order chi connectivity index (χ1) is 7.19. The van der Waals surface area contributed by atoms with Crippen LogP contribution in [0.3, 0.4) is 0 Å². The summed E-state index contributed by atoms with van der Waals surface area (Å²) in [4.78, 5) is 22.4. The van der Waals surface area contributed by atoms with E-state index < -0.39 is 5.97 Å². The molecule has 1 saturated carbocycles. The van der Waals surface area contributed by atoms with Gasteiger partial charge in [-0.1, -0.05) is 0 Å². The van der Waals surface area contributed by atoms with E-state index in [4.69, 9.17) is 9.47 Å². The quantitative estimate of drug-likeness (QED) is 0.627. The van der Waals surface area contributed by atoms with Crippen molar-refractivity contribution in [3.8, 4) is 0 Å². The molecule has 0 bridgehead atoms. The van der Waals surface area contributed by atoms with Crippen LogP contribution in [0.15, 0.2) is 11.8 Å². The smallest absolute Gasteiger partial charge is 0.372 e. The number of esters is 2. The number of fused-ring (bicyclic) bond motifs is 1. The van der Waals surface area contributed by atoms with Crippen molar-refractivity contribution < 1.29 is 23.8 Å². The summed E-state index contributed by atoms with van der Waals surface area (Å²) in [5.41, 5.74) is 0. The molecule has 15 heavy (non-hydrogen) atoms. The summed E-state index contributed by atoms with van der Waals surface area (Å²) in [7, 11) is 1.29. The molecule has 0 N–H and O–H groups in total. The normalized spacial score (nSPS) is 31.1. The fourth-order valence-electron chi connectivity index (χ4n) is 1.76. The van der Waals surface area contributed by atoms with Gasteiger partial charge in [0.1, 0.15) is 12.0 Å². The minimum absolute atomic E-state index is 0.0156. The second kappa shape index (κ2) is 3.56. The lowest BCUT2D eigenvalue weighted by Crippen LogP contribution is -2.14. The number of carbonyl (C=O) groups excluding carboxylic acids is 2. The largest absolute Gasteiger partial charge is 0.482 e. The molecule has 82 valence electrons. The van der Waals surface area contributed by atoms with Gasteiger partial charge in [-0.3, -0.25) is 4.79 Å². The third-order valence-corrected chi connectivity index (χ3v) is 2.56. The summed E-state index contributed by atoms with van der Waals surface area (Å²) in [5, 5.41) is 0. The van der Waals surface area contributed by atoms with Crippen molar-refractivity contribution in [3.05, 3.63) is 11.8 Å². The molecular weight excluding hydrogens is 200 g/mol. The SMILES string of the molecule is CCOC(=O)[C@H]1[C@@H]2C=C(C(=O)OC)O[C@@H]21. The highest BCUT2D eigenvalue weighted by Crippen LogP contribution is 2.50. The van der Waals surface area contributed by atoms with Crippen molar-refractivity contribution in [2.24, 2.45) is 11.8 Å². The van der Waals surface area contributed by atoms with Crippen molar-refractivity contribution in [2.45, 2.75) is 13.0 Å². The van der Waals surface area contributed by atoms with Crippen LogP contribution in [0.5, 0.6) is 0 Å². The molecule has 1 aliphatic carbocycles. The second-order valence-electron chi connectivity index (χ2n) is 3.46. The zero-order chi connectivity index (χ0) is 11.0. The number of hydrogen-bond donors (Lipinski definition) is 0. The highest BCUT2D eigenvalue weighted by atomic mass is 16.6. The highest BCUT2D eigenvalue weighted by molar-refractivity contribution is 5.88. The summed E-state index contributed by atoms with van der Waals surface area (Å²) in [5.74, 6) is -0.804. The van der Waals surface area contributed by atoms with Gasteiger partial charge in [0.25, 0.3) is 0 Å². The summed E-state index contributed by atoms with van der Waals surface area (Å²) in [6.07, 6.45) is 1.41. The van der Waals surface area contributed by atoms with Gasteiger partial charge in [-0.05, 0) is 13.0 Å². The number of methoxy groups -OCH3 is 1. The summed E-state index contributed by atoms with van der Waals surface area (Å²) >= 11 is 0. The molecule has 0 aromatic carbocycles. The van der Waals surface area contributed by atoms with E-state index in [0.717, 1.165) is 0 Å². The van der Waals surface area contributed by atoms with Crippen LogP contribution in [-0.2, 0) is 23.8 Å². The molecule has 0 radical (unpaired) electrons. The molecule has 1 fully saturated rings. The Labute approximate surface area is 87.0 Å². The van der Waals surface area contributed by atoms with Gasteiger partial charge in [-0.2, -0.15) is 0 Å². The number of rotatable bonds is 3. The monoisotopic (exact) mass is 212 g/mol. The average Bonchev–Trinajstić information content (AvgIpc) is 2.73. The Morgan fingerprint density at radius 3 is 2.73 bits per heavy atom. The number of hydrogen-bond acceptors (Lipinski definition) is 5. The topological polar surface area (TPSA) is 61.8 Å². The van der Waals surface area contributed by atoms with Gasteiger partial charge in [0.05, 0.1) is 13.7 Å². The van der Waals surface area contributed by atoms with E-state index in [1.165, 1.54) is 7.11 Å². The van der Waals surface area contributed by atoms with Crippen LogP contribution in [0.2, 0.25) is 0 Å². The van der Waals surface area contributed by atoms with Gasteiger partial charge in [0.2, 0.25) is 5.76 Å². The average molecular weight is 212 g/mol. The molecule has 0 aromatic rings. The summed E-state index contributed by atoms with van der Waals surface area (Å²) in [6.45, 7) is 2.12. The van der Waals surface area contributed by atoms with Crippen LogP contribution in [0.4, 0.5) is 0 Å². The van der Waals surface area contributed by atoms with Gasteiger partial charge in [0.15, 0.2) is 0 Å². The fraction of sp³-hybridized carbons (Fsp3) is 0.600. The maximum atomic E-state index is 11.3. The first-order valence-corrected chi connectivity index (χ1v) is 4.82. The first kappa shape index (κ1) is 10.0. The van der Waals surface area contributed by atoms with Crippen LogP contribution < -0.4 is 0 Å². The van der Waals surface area contributed by atoms with E-state index in [1.807, 2.05) is 0 Å². The lowest BCUT2D eigenvalue weighted by Gasteiger charge is -2.06. The van der Waals surface area contributed by atoms with E-state index >= 15 is 0 Å². The van der Waals surface area contributed by atoms with Gasteiger partial charge in [-0.15, -0.1) is 0 Å². The number of carbonyl (C=O) groups is 2. The van der Waals surface area contributed by atoms with E-state index in [1.54, 1.807) is 13.0 Å². The van der Waals surface area contributed by atoms with E-state index in [2.05, 4.69) is 4.74 Å². The van der Waals surface area contributed by atoms with Crippen LogP contribution in [0.25, 0.3) is 0 Å². The Morgan fingerprint density at radius 1 is 1.53 bits per heavy atom. The molecule has 3 atom stereocenters. The maximum Gasteiger partial charge on any atom is 0.372 e. The molecule has 5 heteroatoms. The van der Waals surface area contributed by atoms with Gasteiger partial charge >= 0.3 is 11.9 Å². The molecule has 0 saturated heterocycles. The molecular formula is C10H12O5. The molecule has 2 rings (SSSR count). The minimum Gasteiger partial charge on any atom is -0.482 e. The van der Waals surface area contributed by atoms with Crippen LogP contribution in [-0.4, -0.2) is 31.8 Å². The van der Waals surface area contributed by atoms with Crippen molar-refractivity contribution in [1.82, 2.24) is 0 Å². The zero-order valence-electron chi connectivity index (χ0n) is 8.56. The second-order valence-corrected chi connectivity index (χ2v) is 3.46. The maximum absolute atomic E-state index is 11.3. The zero-order valence-corrected chi connectivity index (χ0v) is 8.56. The minimum atomic E-state index is -0.496. The molecule has 1 heterocycles. The van der Waals surface area contributed by atoms with Crippen molar-refractivity contribution >= 4 is 11.9 Å². The van der Waals surface area contributed by atoms with E-state index in [9.17, 15) is 9.59 Å². The lowest BCUT2D eigenvalue weighted by molar-refractivity contribution is -0.147. The molecule has 2 aliphatic rings. The van der Waals surface area contributed by atoms with Gasteiger partial charge in [0, 0.05) is 5.92 Å². The Balaban J connectivity index is 1.93. The molecule has 0 unspecified atom stereocenters. The predicted molar refractivity (Wildman–Crippen MR) is 48.6 cm³/mol. The number of ether oxygens (including phenoxy) is 3. The Kier molecular flexibility index (Phi) is 2.38. The standard InChI is InChI=1S/C10H12O5/c1-3-14-10(12)7-5-4-6(9(11)13-2)15-8(5)7/h4-5,7-8H,3H2,1-2H3/t5-,7-,8-/m0/s1. The molecule has 0 amide bonds. The molecule has 1 aliphatic heterocycles. The van der Waals surface area contributed by atoms with Crippen molar-refractivity contribution in [3.63, 3.8) is 0 Å². The first-order valence-electron chi connectivity index (χ1n) is 4.82. The van der Waals surface area contributed by atoms with Crippen LogP contribution in [0, 0.1) is 11.8 Å². The Bertz CT molecular complexity index is 333. The molecule has 0 spiro atoms. The van der Waals surface area contributed by atoms with Gasteiger partial charge < -0.3 is 14.2 Å². The van der Waals surface area contributed by atoms with E-state index in [0.29, 0.717) is 6.61 Å². The van der Waals surface area contributed by atoms with Gasteiger partial charge in [-0.25, -0.2) is 4.79 Å². The van der Waals surface area contributed by atoms with E-state index in [-0.39, 0.29) is 29.7 Å². The third-order valence-electron chi connectivity index (χ3n) is 2.56. The highest BCUT2D eigenvalue weighted by Gasteiger charge is 2.61. The van der Waals surface area contributed by atoms with Crippen LogP contribution in [0.1, 0.15) is 6.92 Å². The Morgan fingerprint density at radius 2 is 2.27 bits per heavy atom. The molecule has 0 aromatic heterocycles. The molecule has 5 nitrogen and oxygen atoms in total.